The Morgan fingerprint density at radius 1 is 1.15 bits per heavy atom. The second kappa shape index (κ2) is 3.36. The van der Waals surface area contributed by atoms with E-state index < -0.39 is 7.12 Å². The van der Waals surface area contributed by atoms with Crippen LogP contribution in [0, 0.1) is 0 Å². The van der Waals surface area contributed by atoms with Crippen LogP contribution in [0.2, 0.25) is 5.82 Å². The predicted octanol–water partition coefficient (Wildman–Crippen LogP) is -0.506. The van der Waals surface area contributed by atoms with Crippen molar-refractivity contribution in [3.63, 3.8) is 0 Å². The molecular weight excluding hydrogens is 163 g/mol. The van der Waals surface area contributed by atoms with Gasteiger partial charge in [0.25, 0.3) is 0 Å². The minimum absolute atomic E-state index is 0.158. The maximum absolute atomic E-state index is 9.01. The minimum atomic E-state index is -1.25. The van der Waals surface area contributed by atoms with Crippen molar-refractivity contribution >= 4 is 19.3 Å². The highest BCUT2D eigenvalue weighted by atomic mass is 16.4. The monoisotopic (exact) mass is 174 g/mol. The molecule has 1 unspecified atom stereocenters. The van der Waals surface area contributed by atoms with Crippen molar-refractivity contribution in [2.45, 2.75) is 12.2 Å². The number of hydrogen-bond donors (Lipinski definition) is 2. The predicted molar refractivity (Wildman–Crippen MR) is 53.2 cm³/mol. The third kappa shape index (κ3) is 1.66. The third-order valence-electron chi connectivity index (χ3n) is 2.38. The molecule has 66 valence electrons. The summed E-state index contributed by atoms with van der Waals surface area (Å²) in [7, 11) is -1.25. The molecule has 0 radical (unpaired) electrons. The molecule has 0 aliphatic heterocycles. The Labute approximate surface area is 77.0 Å². The molecule has 3 heteroatoms. The molecule has 1 atom stereocenters. The summed E-state index contributed by atoms with van der Waals surface area (Å²) in [6.45, 7) is 0. The van der Waals surface area contributed by atoms with E-state index in [9.17, 15) is 0 Å². The van der Waals surface area contributed by atoms with E-state index in [2.05, 4.69) is 0 Å². The molecule has 1 aromatic carbocycles. The second-order valence-corrected chi connectivity index (χ2v) is 3.31. The van der Waals surface area contributed by atoms with Gasteiger partial charge in [0, 0.05) is 5.82 Å². The zero-order chi connectivity index (χ0) is 9.26. The third-order valence-corrected chi connectivity index (χ3v) is 2.38. The van der Waals surface area contributed by atoms with Crippen LogP contribution in [0.25, 0.3) is 12.2 Å². The van der Waals surface area contributed by atoms with E-state index in [1.54, 1.807) is 0 Å². The lowest BCUT2D eigenvalue weighted by molar-refractivity contribution is 0.398. The van der Waals surface area contributed by atoms with Crippen LogP contribution in [0.1, 0.15) is 6.42 Å². The molecule has 0 amide bonds. The summed E-state index contributed by atoms with van der Waals surface area (Å²) in [5.74, 6) is -0.158. The topological polar surface area (TPSA) is 40.5 Å². The summed E-state index contributed by atoms with van der Waals surface area (Å²) in [5.41, 5.74) is 0. The van der Waals surface area contributed by atoms with Gasteiger partial charge in [-0.3, -0.25) is 0 Å². The summed E-state index contributed by atoms with van der Waals surface area (Å²) in [6, 6.07) is 7.96. The van der Waals surface area contributed by atoms with Gasteiger partial charge in [-0.05, 0) is 16.9 Å². The van der Waals surface area contributed by atoms with Gasteiger partial charge in [0.1, 0.15) is 0 Å². The van der Waals surface area contributed by atoms with Gasteiger partial charge in [-0.25, -0.2) is 0 Å². The first-order valence-electron chi connectivity index (χ1n) is 4.40. The number of hydrogen-bond acceptors (Lipinski definition) is 2. The Kier molecular flexibility index (Phi) is 2.21. The molecule has 13 heavy (non-hydrogen) atoms. The van der Waals surface area contributed by atoms with E-state index in [1.807, 2.05) is 36.4 Å². The van der Waals surface area contributed by atoms with E-state index >= 15 is 0 Å². The standard InChI is InChI=1S/C10H11BO2/c12-11(13)10-6-5-8-3-1-2-4-9(8)7-10/h1-5,7,10,12-13H,6H2. The Hall–Kier alpha value is -1.06. The van der Waals surface area contributed by atoms with E-state index in [0.29, 0.717) is 6.42 Å². The van der Waals surface area contributed by atoms with Gasteiger partial charge in [-0.2, -0.15) is 0 Å². The summed E-state index contributed by atoms with van der Waals surface area (Å²) < 4.78 is 0. The highest BCUT2D eigenvalue weighted by Crippen LogP contribution is 2.16. The largest absolute Gasteiger partial charge is 0.459 e. The molecule has 1 aromatic rings. The van der Waals surface area contributed by atoms with Crippen molar-refractivity contribution in [1.29, 1.82) is 0 Å². The molecule has 1 aliphatic carbocycles. The molecular formula is C10H11BO2. The molecule has 0 saturated carbocycles. The molecule has 2 rings (SSSR count). The van der Waals surface area contributed by atoms with Crippen molar-refractivity contribution in [1.82, 2.24) is 0 Å². The highest BCUT2D eigenvalue weighted by molar-refractivity contribution is 6.45. The van der Waals surface area contributed by atoms with Crippen molar-refractivity contribution in [3.8, 4) is 0 Å². The van der Waals surface area contributed by atoms with Crippen molar-refractivity contribution < 1.29 is 10.0 Å². The Bertz CT molecular complexity index is 411. The average Bonchev–Trinajstić information content (AvgIpc) is 2.17. The van der Waals surface area contributed by atoms with Gasteiger partial charge >= 0.3 is 7.12 Å². The molecule has 0 saturated heterocycles. The van der Waals surface area contributed by atoms with E-state index in [1.165, 1.54) is 5.22 Å². The maximum atomic E-state index is 9.01. The molecule has 0 spiro atoms. The first-order chi connectivity index (χ1) is 6.27. The van der Waals surface area contributed by atoms with Crippen LogP contribution < -0.4 is 10.4 Å². The fraction of sp³-hybridized carbons (Fsp3) is 0.200. The van der Waals surface area contributed by atoms with Crippen molar-refractivity contribution in [2.24, 2.45) is 0 Å². The van der Waals surface area contributed by atoms with E-state index in [4.69, 9.17) is 10.0 Å². The van der Waals surface area contributed by atoms with Gasteiger partial charge in [0.15, 0.2) is 0 Å². The van der Waals surface area contributed by atoms with Crippen LogP contribution in [0.4, 0.5) is 0 Å². The first-order valence-corrected chi connectivity index (χ1v) is 4.40. The summed E-state index contributed by atoms with van der Waals surface area (Å²) in [6.07, 6.45) is 4.66. The van der Waals surface area contributed by atoms with Gasteiger partial charge < -0.3 is 10.0 Å². The lowest BCUT2D eigenvalue weighted by Crippen LogP contribution is -2.31. The molecule has 2 N–H and O–H groups in total. The Morgan fingerprint density at radius 3 is 2.54 bits per heavy atom. The smallest absolute Gasteiger partial charge is 0.427 e. The fourth-order valence-electron chi connectivity index (χ4n) is 1.62. The van der Waals surface area contributed by atoms with Crippen LogP contribution in [0.5, 0.6) is 0 Å². The molecule has 1 aliphatic rings. The molecule has 0 fully saturated rings. The first kappa shape index (κ1) is 8.54. The van der Waals surface area contributed by atoms with Crippen molar-refractivity contribution in [2.75, 3.05) is 0 Å². The lowest BCUT2D eigenvalue weighted by Gasteiger charge is -2.11. The van der Waals surface area contributed by atoms with Crippen LogP contribution in [0.3, 0.4) is 0 Å². The van der Waals surface area contributed by atoms with Gasteiger partial charge in [0.05, 0.1) is 0 Å². The van der Waals surface area contributed by atoms with E-state index in [0.717, 1.165) is 5.22 Å². The van der Waals surface area contributed by atoms with Crippen LogP contribution in [0.15, 0.2) is 24.3 Å². The number of rotatable bonds is 1. The molecule has 0 aromatic heterocycles. The van der Waals surface area contributed by atoms with Crippen molar-refractivity contribution in [3.05, 3.63) is 34.7 Å². The molecule has 0 bridgehead atoms. The minimum Gasteiger partial charge on any atom is -0.427 e. The van der Waals surface area contributed by atoms with Gasteiger partial charge in [-0.1, -0.05) is 36.4 Å². The Balaban J connectivity index is 2.49. The summed E-state index contributed by atoms with van der Waals surface area (Å²) in [4.78, 5) is 0. The summed E-state index contributed by atoms with van der Waals surface area (Å²) >= 11 is 0. The average molecular weight is 174 g/mol. The fourth-order valence-corrected chi connectivity index (χ4v) is 1.62. The normalized spacial score (nSPS) is 19.7. The summed E-state index contributed by atoms with van der Waals surface area (Å²) in [5, 5.41) is 20.3. The quantitative estimate of drug-likeness (QED) is 0.563. The zero-order valence-corrected chi connectivity index (χ0v) is 7.22. The molecule has 0 heterocycles. The number of fused-ring (bicyclic) bond motifs is 1. The Morgan fingerprint density at radius 2 is 1.85 bits per heavy atom. The maximum Gasteiger partial charge on any atom is 0.459 e. The SMILES string of the molecule is OB(O)C1C=c2ccccc2=CC1. The van der Waals surface area contributed by atoms with Gasteiger partial charge in [-0.15, -0.1) is 0 Å². The number of benzene rings is 1. The van der Waals surface area contributed by atoms with Crippen LogP contribution in [-0.4, -0.2) is 17.2 Å². The van der Waals surface area contributed by atoms with Gasteiger partial charge in [0.2, 0.25) is 0 Å². The van der Waals surface area contributed by atoms with E-state index in [-0.39, 0.29) is 5.82 Å². The van der Waals surface area contributed by atoms with Crippen LogP contribution >= 0.6 is 0 Å². The lowest BCUT2D eigenvalue weighted by atomic mass is 9.69. The second-order valence-electron chi connectivity index (χ2n) is 3.31. The molecule has 2 nitrogen and oxygen atoms in total. The zero-order valence-electron chi connectivity index (χ0n) is 7.22. The highest BCUT2D eigenvalue weighted by Gasteiger charge is 2.20. The van der Waals surface area contributed by atoms with Crippen LogP contribution in [-0.2, 0) is 0 Å².